The number of thiocarbonyl (C=S) groups is 1. The van der Waals surface area contributed by atoms with Crippen LogP contribution in [0.4, 0.5) is 0 Å². The third-order valence-electron chi connectivity index (χ3n) is 4.22. The van der Waals surface area contributed by atoms with Gasteiger partial charge in [0.15, 0.2) is 0 Å². The van der Waals surface area contributed by atoms with Crippen molar-refractivity contribution in [3.05, 3.63) is 34.7 Å². The first-order chi connectivity index (χ1) is 13.9. The van der Waals surface area contributed by atoms with E-state index in [9.17, 15) is 19.5 Å². The van der Waals surface area contributed by atoms with Crippen molar-refractivity contribution >= 4 is 52.2 Å². The van der Waals surface area contributed by atoms with Gasteiger partial charge in [0.05, 0.1) is 4.91 Å². The lowest BCUT2D eigenvalue weighted by Gasteiger charge is -2.14. The Morgan fingerprint density at radius 3 is 2.69 bits per heavy atom. The Morgan fingerprint density at radius 2 is 1.97 bits per heavy atom. The molecule has 0 spiro atoms. The molecule has 1 fully saturated rings. The van der Waals surface area contributed by atoms with Crippen LogP contribution < -0.4 is 5.32 Å². The van der Waals surface area contributed by atoms with E-state index in [-0.39, 0.29) is 24.0 Å². The highest BCUT2D eigenvalue weighted by molar-refractivity contribution is 8.26. The van der Waals surface area contributed by atoms with E-state index in [1.807, 2.05) is 0 Å². The number of aromatic hydroxyl groups is 1. The number of nitrogens with one attached hydrogen (secondary N) is 1. The highest BCUT2D eigenvalue weighted by Crippen LogP contribution is 2.33. The molecule has 1 heterocycles. The molecule has 0 bridgehead atoms. The summed E-state index contributed by atoms with van der Waals surface area (Å²) in [5.41, 5.74) is 0.736. The van der Waals surface area contributed by atoms with E-state index in [4.69, 9.17) is 17.3 Å². The summed E-state index contributed by atoms with van der Waals surface area (Å²) in [4.78, 5) is 36.7. The molecule has 0 radical (unpaired) electrons. The topological polar surface area (TPSA) is 107 Å². The molecule has 1 aromatic rings. The van der Waals surface area contributed by atoms with Crippen molar-refractivity contribution in [3.63, 3.8) is 0 Å². The van der Waals surface area contributed by atoms with Gasteiger partial charge in [0.1, 0.15) is 10.1 Å². The second kappa shape index (κ2) is 11.6. The summed E-state index contributed by atoms with van der Waals surface area (Å²) in [6, 6.07) is 6.67. The van der Waals surface area contributed by atoms with Crippen molar-refractivity contribution in [1.29, 1.82) is 0 Å². The first-order valence-corrected chi connectivity index (χ1v) is 10.6. The molecule has 1 aliphatic rings. The summed E-state index contributed by atoms with van der Waals surface area (Å²) in [6.45, 7) is 0.871. The molecule has 1 saturated heterocycles. The van der Waals surface area contributed by atoms with Crippen molar-refractivity contribution in [2.24, 2.45) is 0 Å². The molecule has 7 nitrogen and oxygen atoms in total. The number of aliphatic carboxylic acids is 1. The van der Waals surface area contributed by atoms with Gasteiger partial charge in [-0.3, -0.25) is 19.3 Å². The SMILES string of the molecule is O=C(O)CCCNC(=O)CCCCCN1C(=O)/C(=C/c2cccc(O)c2)SC1=S. The summed E-state index contributed by atoms with van der Waals surface area (Å²) in [7, 11) is 0. The van der Waals surface area contributed by atoms with E-state index in [2.05, 4.69) is 5.32 Å². The summed E-state index contributed by atoms with van der Waals surface area (Å²) < 4.78 is 0.512. The number of carboxylic acids is 1. The molecule has 0 saturated carbocycles. The highest BCUT2D eigenvalue weighted by Gasteiger charge is 2.31. The molecule has 2 amide bonds. The van der Waals surface area contributed by atoms with E-state index in [0.29, 0.717) is 41.6 Å². The minimum Gasteiger partial charge on any atom is -0.508 e. The van der Waals surface area contributed by atoms with Gasteiger partial charge < -0.3 is 15.5 Å². The zero-order valence-electron chi connectivity index (χ0n) is 15.9. The van der Waals surface area contributed by atoms with Crippen LogP contribution in [0.2, 0.25) is 0 Å². The van der Waals surface area contributed by atoms with Crippen molar-refractivity contribution in [2.75, 3.05) is 13.1 Å². The number of amides is 2. The van der Waals surface area contributed by atoms with Crippen LogP contribution in [-0.4, -0.2) is 50.3 Å². The number of thioether (sulfide) groups is 1. The average Bonchev–Trinajstić information content (AvgIpc) is 2.92. The number of unbranched alkanes of at least 4 members (excludes halogenated alkanes) is 2. The van der Waals surface area contributed by atoms with Crippen LogP contribution in [0.5, 0.6) is 5.75 Å². The molecule has 1 aliphatic heterocycles. The third-order valence-corrected chi connectivity index (χ3v) is 5.59. The summed E-state index contributed by atoms with van der Waals surface area (Å²) >= 11 is 6.55. The Balaban J connectivity index is 1.69. The monoisotopic (exact) mass is 436 g/mol. The number of carboxylic acid groups (broad SMARTS) is 1. The number of carbonyl (C=O) groups excluding carboxylic acids is 2. The fourth-order valence-electron chi connectivity index (χ4n) is 2.75. The zero-order chi connectivity index (χ0) is 21.2. The molecule has 156 valence electrons. The normalized spacial score (nSPS) is 15.2. The van der Waals surface area contributed by atoms with Crippen LogP contribution in [0.25, 0.3) is 6.08 Å². The van der Waals surface area contributed by atoms with Gasteiger partial charge in [-0.15, -0.1) is 0 Å². The third kappa shape index (κ3) is 7.86. The fraction of sp³-hybridized carbons (Fsp3) is 0.400. The number of rotatable bonds is 11. The van der Waals surface area contributed by atoms with E-state index in [1.54, 1.807) is 35.2 Å². The van der Waals surface area contributed by atoms with Crippen LogP contribution in [0.3, 0.4) is 0 Å². The van der Waals surface area contributed by atoms with E-state index in [0.717, 1.165) is 18.4 Å². The van der Waals surface area contributed by atoms with E-state index < -0.39 is 5.97 Å². The zero-order valence-corrected chi connectivity index (χ0v) is 17.6. The molecule has 0 aliphatic carbocycles. The molecular formula is C20H24N2O5S2. The summed E-state index contributed by atoms with van der Waals surface area (Å²) in [5, 5.41) is 20.8. The van der Waals surface area contributed by atoms with E-state index >= 15 is 0 Å². The average molecular weight is 437 g/mol. The van der Waals surface area contributed by atoms with Crippen LogP contribution in [0, 0.1) is 0 Å². The summed E-state index contributed by atoms with van der Waals surface area (Å²) in [6.07, 6.45) is 4.77. The molecule has 0 atom stereocenters. The maximum absolute atomic E-state index is 12.6. The molecule has 9 heteroatoms. The molecule has 0 aromatic heterocycles. The first-order valence-electron chi connectivity index (χ1n) is 9.39. The smallest absolute Gasteiger partial charge is 0.303 e. The van der Waals surface area contributed by atoms with Gasteiger partial charge >= 0.3 is 5.97 Å². The van der Waals surface area contributed by atoms with Crippen molar-refractivity contribution < 1.29 is 24.6 Å². The standard InChI is InChI=1S/C20H24N2O5S2/c23-15-7-4-6-14(12-15)13-16-19(27)22(20(28)29-16)11-3-1-2-8-17(24)21-10-5-9-18(25)26/h4,6-7,12-13,23H,1-3,5,8-11H2,(H,21,24)(H,25,26)/b16-13-. The van der Waals surface area contributed by atoms with Crippen molar-refractivity contribution in [3.8, 4) is 5.75 Å². The molecule has 29 heavy (non-hydrogen) atoms. The van der Waals surface area contributed by atoms with E-state index in [1.165, 1.54) is 11.8 Å². The number of phenolic OH excluding ortho intramolecular Hbond substituents is 1. The molecule has 3 N–H and O–H groups in total. The van der Waals surface area contributed by atoms with Crippen LogP contribution in [-0.2, 0) is 14.4 Å². The van der Waals surface area contributed by atoms with Gasteiger partial charge in [0, 0.05) is 25.9 Å². The van der Waals surface area contributed by atoms with Crippen LogP contribution in [0.15, 0.2) is 29.2 Å². The Labute approximate surface area is 179 Å². The van der Waals surface area contributed by atoms with Gasteiger partial charge in [0.2, 0.25) is 5.91 Å². The fourth-order valence-corrected chi connectivity index (χ4v) is 4.06. The molecule has 2 rings (SSSR count). The van der Waals surface area contributed by atoms with Gasteiger partial charge in [-0.1, -0.05) is 42.5 Å². The maximum atomic E-state index is 12.6. The molecular weight excluding hydrogens is 412 g/mol. The Kier molecular flexibility index (Phi) is 9.14. The lowest BCUT2D eigenvalue weighted by Crippen LogP contribution is -2.29. The number of hydrogen-bond donors (Lipinski definition) is 3. The van der Waals surface area contributed by atoms with Gasteiger partial charge in [-0.2, -0.15) is 0 Å². The number of hydrogen-bond acceptors (Lipinski definition) is 6. The number of phenols is 1. The number of carbonyl (C=O) groups is 3. The number of benzene rings is 1. The van der Waals surface area contributed by atoms with Crippen molar-refractivity contribution in [1.82, 2.24) is 10.2 Å². The largest absolute Gasteiger partial charge is 0.508 e. The lowest BCUT2D eigenvalue weighted by molar-refractivity contribution is -0.137. The minimum absolute atomic E-state index is 0.0456. The van der Waals surface area contributed by atoms with Gasteiger partial charge in [-0.05, 0) is 43.0 Å². The molecule has 1 aromatic carbocycles. The predicted octanol–water partition coefficient (Wildman–Crippen LogP) is 3.13. The Morgan fingerprint density at radius 1 is 1.17 bits per heavy atom. The summed E-state index contributed by atoms with van der Waals surface area (Å²) in [5.74, 6) is -0.957. The quantitative estimate of drug-likeness (QED) is 0.278. The lowest BCUT2D eigenvalue weighted by atomic mass is 10.1. The Bertz CT molecular complexity index is 810. The van der Waals surface area contributed by atoms with Gasteiger partial charge in [0.25, 0.3) is 5.91 Å². The second-order valence-corrected chi connectivity index (χ2v) is 8.26. The van der Waals surface area contributed by atoms with Gasteiger partial charge in [-0.25, -0.2) is 0 Å². The minimum atomic E-state index is -0.869. The van der Waals surface area contributed by atoms with Crippen LogP contribution in [0.1, 0.15) is 44.1 Å². The maximum Gasteiger partial charge on any atom is 0.303 e. The second-order valence-electron chi connectivity index (χ2n) is 6.59. The van der Waals surface area contributed by atoms with Crippen molar-refractivity contribution in [2.45, 2.75) is 38.5 Å². The van der Waals surface area contributed by atoms with Crippen LogP contribution >= 0.6 is 24.0 Å². The predicted molar refractivity (Wildman–Crippen MR) is 116 cm³/mol. The highest BCUT2D eigenvalue weighted by atomic mass is 32.2. The first kappa shape index (κ1) is 22.9. The Hall–Kier alpha value is -2.39. The molecule has 0 unspecified atom stereocenters. The number of nitrogens with zero attached hydrogens (tertiary/aromatic N) is 1.